The number of rotatable bonds is 3. The number of benzene rings is 1. The first-order chi connectivity index (χ1) is 10.7. The normalized spacial score (nSPS) is 27.9. The number of nitrogens with one attached hydrogen (secondary N) is 3. The third kappa shape index (κ3) is 2.71. The smallest absolute Gasteiger partial charge is 0.254 e. The molecular formula is C16H22N4O2. The molecule has 0 aromatic heterocycles. The third-order valence-electron chi connectivity index (χ3n) is 4.60. The van der Waals surface area contributed by atoms with Gasteiger partial charge in [0.2, 0.25) is 5.91 Å². The Hall–Kier alpha value is -1.92. The van der Waals surface area contributed by atoms with Crippen molar-refractivity contribution in [3.8, 4) is 0 Å². The molecule has 6 heteroatoms. The maximum atomic E-state index is 12.7. The molecule has 0 aliphatic carbocycles. The van der Waals surface area contributed by atoms with E-state index in [1.165, 1.54) is 0 Å². The Balaban J connectivity index is 1.78. The van der Waals surface area contributed by atoms with Crippen molar-refractivity contribution >= 4 is 11.8 Å². The van der Waals surface area contributed by atoms with Crippen LogP contribution < -0.4 is 16.2 Å². The summed E-state index contributed by atoms with van der Waals surface area (Å²) in [5.41, 5.74) is 6.97. The summed E-state index contributed by atoms with van der Waals surface area (Å²) >= 11 is 0. The highest BCUT2D eigenvalue weighted by molar-refractivity contribution is 5.94. The Morgan fingerprint density at radius 3 is 2.77 bits per heavy atom. The number of carbonyl (C=O) groups is 2. The van der Waals surface area contributed by atoms with E-state index in [0.29, 0.717) is 12.1 Å². The van der Waals surface area contributed by atoms with Crippen LogP contribution in [0.15, 0.2) is 30.3 Å². The van der Waals surface area contributed by atoms with Crippen molar-refractivity contribution in [3.63, 3.8) is 0 Å². The Labute approximate surface area is 130 Å². The quantitative estimate of drug-likeness (QED) is 0.742. The highest BCUT2D eigenvalue weighted by Gasteiger charge is 2.43. The summed E-state index contributed by atoms with van der Waals surface area (Å²) in [5, 5.41) is 2.71. The molecule has 2 saturated heterocycles. The second-order valence-electron chi connectivity index (χ2n) is 5.85. The van der Waals surface area contributed by atoms with Crippen LogP contribution in [0.2, 0.25) is 0 Å². The molecule has 2 heterocycles. The predicted molar refractivity (Wildman–Crippen MR) is 83.0 cm³/mol. The molecule has 3 atom stereocenters. The van der Waals surface area contributed by atoms with Gasteiger partial charge in [0.05, 0.1) is 12.0 Å². The highest BCUT2D eigenvalue weighted by atomic mass is 16.2. The van der Waals surface area contributed by atoms with Gasteiger partial charge < -0.3 is 10.2 Å². The van der Waals surface area contributed by atoms with Gasteiger partial charge in [0, 0.05) is 31.7 Å². The number of hydrogen-bond donors (Lipinski definition) is 3. The first-order valence-electron chi connectivity index (χ1n) is 7.78. The summed E-state index contributed by atoms with van der Waals surface area (Å²) in [7, 11) is 1.65. The van der Waals surface area contributed by atoms with Crippen LogP contribution in [0, 0.1) is 5.92 Å². The van der Waals surface area contributed by atoms with E-state index in [0.717, 1.165) is 19.4 Å². The van der Waals surface area contributed by atoms with Crippen LogP contribution in [-0.2, 0) is 4.79 Å². The maximum Gasteiger partial charge on any atom is 0.254 e. The average molecular weight is 302 g/mol. The minimum atomic E-state index is -0.154. The number of carbonyl (C=O) groups excluding carboxylic acids is 2. The SMILES string of the molecule is CNC(=O)C1CNNC1C1CCCN1C(=O)c1ccccc1. The van der Waals surface area contributed by atoms with Gasteiger partial charge in [0.25, 0.3) is 5.91 Å². The molecule has 0 spiro atoms. The molecule has 0 radical (unpaired) electrons. The predicted octanol–water partition coefficient (Wildman–Crippen LogP) is 0.130. The van der Waals surface area contributed by atoms with Crippen molar-refractivity contribution in [3.05, 3.63) is 35.9 Å². The standard InChI is InChI=1S/C16H22N4O2/c1-17-15(21)12-10-18-19-14(12)13-8-5-9-20(13)16(22)11-6-3-2-4-7-11/h2-4,6-7,12-14,18-19H,5,8-10H2,1H3,(H,17,21). The number of nitrogens with zero attached hydrogens (tertiary/aromatic N) is 1. The molecule has 3 unspecified atom stereocenters. The molecular weight excluding hydrogens is 280 g/mol. The van der Waals surface area contributed by atoms with E-state index in [1.807, 2.05) is 35.2 Å². The molecule has 2 aliphatic rings. The zero-order chi connectivity index (χ0) is 15.5. The Morgan fingerprint density at radius 2 is 2.05 bits per heavy atom. The van der Waals surface area contributed by atoms with E-state index in [2.05, 4.69) is 16.2 Å². The van der Waals surface area contributed by atoms with Crippen molar-refractivity contribution < 1.29 is 9.59 Å². The van der Waals surface area contributed by atoms with Crippen molar-refractivity contribution in [2.75, 3.05) is 20.1 Å². The van der Waals surface area contributed by atoms with Gasteiger partial charge in [-0.15, -0.1) is 0 Å². The number of hydrazine groups is 1. The molecule has 6 nitrogen and oxygen atoms in total. The average Bonchev–Trinajstić information content (AvgIpc) is 3.22. The molecule has 22 heavy (non-hydrogen) atoms. The van der Waals surface area contributed by atoms with Crippen LogP contribution in [0.4, 0.5) is 0 Å². The van der Waals surface area contributed by atoms with Crippen molar-refractivity contribution in [2.24, 2.45) is 5.92 Å². The van der Waals surface area contributed by atoms with Crippen molar-refractivity contribution in [1.82, 2.24) is 21.1 Å². The molecule has 1 aromatic carbocycles. The van der Waals surface area contributed by atoms with Crippen LogP contribution >= 0.6 is 0 Å². The largest absolute Gasteiger partial charge is 0.359 e. The van der Waals surface area contributed by atoms with Crippen LogP contribution in [0.5, 0.6) is 0 Å². The van der Waals surface area contributed by atoms with Gasteiger partial charge in [-0.1, -0.05) is 18.2 Å². The maximum absolute atomic E-state index is 12.7. The lowest BCUT2D eigenvalue weighted by Gasteiger charge is -2.31. The fourth-order valence-electron chi connectivity index (χ4n) is 3.48. The zero-order valence-electron chi connectivity index (χ0n) is 12.7. The van der Waals surface area contributed by atoms with Gasteiger partial charge >= 0.3 is 0 Å². The summed E-state index contributed by atoms with van der Waals surface area (Å²) in [5.74, 6) is -0.0897. The van der Waals surface area contributed by atoms with Crippen molar-refractivity contribution in [1.29, 1.82) is 0 Å². The van der Waals surface area contributed by atoms with E-state index in [1.54, 1.807) is 7.05 Å². The number of amides is 2. The second kappa shape index (κ2) is 6.46. The van der Waals surface area contributed by atoms with Gasteiger partial charge in [-0.2, -0.15) is 0 Å². The van der Waals surface area contributed by atoms with Gasteiger partial charge in [-0.3, -0.25) is 20.4 Å². The second-order valence-corrected chi connectivity index (χ2v) is 5.85. The fraction of sp³-hybridized carbons (Fsp3) is 0.500. The van der Waals surface area contributed by atoms with E-state index in [4.69, 9.17) is 0 Å². The summed E-state index contributed by atoms with van der Waals surface area (Å²) in [6.45, 7) is 1.34. The summed E-state index contributed by atoms with van der Waals surface area (Å²) in [6.07, 6.45) is 1.90. The molecule has 2 fully saturated rings. The molecule has 2 amide bonds. The third-order valence-corrected chi connectivity index (χ3v) is 4.60. The Morgan fingerprint density at radius 1 is 1.27 bits per heavy atom. The summed E-state index contributed by atoms with van der Waals surface area (Å²) in [4.78, 5) is 26.7. The first kappa shape index (κ1) is 15.0. The van der Waals surface area contributed by atoms with Crippen LogP contribution in [0.25, 0.3) is 0 Å². The van der Waals surface area contributed by atoms with Crippen LogP contribution in [0.3, 0.4) is 0 Å². The topological polar surface area (TPSA) is 73.5 Å². The zero-order valence-corrected chi connectivity index (χ0v) is 12.7. The first-order valence-corrected chi connectivity index (χ1v) is 7.78. The minimum absolute atomic E-state index is 0.0153. The lowest BCUT2D eigenvalue weighted by atomic mass is 9.92. The summed E-state index contributed by atoms with van der Waals surface area (Å²) in [6, 6.07) is 9.34. The lowest BCUT2D eigenvalue weighted by molar-refractivity contribution is -0.124. The van der Waals surface area contributed by atoms with E-state index in [9.17, 15) is 9.59 Å². The van der Waals surface area contributed by atoms with E-state index >= 15 is 0 Å². The Kier molecular flexibility index (Phi) is 4.40. The van der Waals surface area contributed by atoms with Crippen LogP contribution in [0.1, 0.15) is 23.2 Å². The molecule has 2 aliphatic heterocycles. The molecule has 3 N–H and O–H groups in total. The lowest BCUT2D eigenvalue weighted by Crippen LogP contribution is -2.52. The van der Waals surface area contributed by atoms with Gasteiger partial charge in [0.1, 0.15) is 0 Å². The molecule has 118 valence electrons. The Bertz CT molecular complexity index is 548. The molecule has 0 bridgehead atoms. The van der Waals surface area contributed by atoms with Crippen molar-refractivity contribution in [2.45, 2.75) is 24.9 Å². The highest BCUT2D eigenvalue weighted by Crippen LogP contribution is 2.27. The van der Waals surface area contributed by atoms with Gasteiger partial charge in [0.15, 0.2) is 0 Å². The monoisotopic (exact) mass is 302 g/mol. The van der Waals surface area contributed by atoms with E-state index < -0.39 is 0 Å². The summed E-state index contributed by atoms with van der Waals surface area (Å²) < 4.78 is 0. The minimum Gasteiger partial charge on any atom is -0.359 e. The molecule has 3 rings (SSSR count). The fourth-order valence-corrected chi connectivity index (χ4v) is 3.48. The number of likely N-dealkylation sites (tertiary alicyclic amines) is 1. The number of hydrogen-bond acceptors (Lipinski definition) is 4. The molecule has 1 aromatic rings. The van der Waals surface area contributed by atoms with Gasteiger partial charge in [-0.25, -0.2) is 0 Å². The van der Waals surface area contributed by atoms with Crippen LogP contribution in [-0.4, -0.2) is 48.9 Å². The molecule has 0 saturated carbocycles. The van der Waals surface area contributed by atoms with Gasteiger partial charge in [-0.05, 0) is 25.0 Å². The van der Waals surface area contributed by atoms with E-state index in [-0.39, 0.29) is 29.8 Å².